The lowest BCUT2D eigenvalue weighted by atomic mass is 9.99. The van der Waals surface area contributed by atoms with Crippen molar-refractivity contribution in [2.75, 3.05) is 13.7 Å². The summed E-state index contributed by atoms with van der Waals surface area (Å²) < 4.78 is 55.8. The van der Waals surface area contributed by atoms with E-state index in [9.17, 15) is 28.8 Å². The lowest BCUT2D eigenvalue weighted by molar-refractivity contribution is -0.336. The van der Waals surface area contributed by atoms with E-state index in [2.05, 4.69) is 4.18 Å². The smallest absolute Gasteiger partial charge is 0.387 e. The molecule has 0 aromatic carbocycles. The van der Waals surface area contributed by atoms with Crippen LogP contribution in [0.5, 0.6) is 0 Å². The van der Waals surface area contributed by atoms with E-state index in [0.717, 1.165) is 0 Å². The molecule has 0 amide bonds. The Labute approximate surface area is 143 Å². The maximum absolute atomic E-state index is 11.0. The van der Waals surface area contributed by atoms with Gasteiger partial charge in [-0.3, -0.25) is 4.55 Å². The Hall–Kier alpha value is -0.450. The second kappa shape index (κ2) is 8.06. The van der Waals surface area contributed by atoms with Crippen LogP contribution in [0, 0.1) is 0 Å². The Bertz CT molecular complexity index is 540. The summed E-state index contributed by atoms with van der Waals surface area (Å²) >= 11 is 0. The van der Waals surface area contributed by atoms with Gasteiger partial charge in [-0.25, -0.2) is 4.18 Å². The van der Waals surface area contributed by atoms with Gasteiger partial charge in [-0.15, -0.1) is 0 Å². The van der Waals surface area contributed by atoms with Gasteiger partial charge in [0.2, 0.25) is 0 Å². The van der Waals surface area contributed by atoms with Gasteiger partial charge in [-0.2, -0.15) is 8.42 Å². The lowest BCUT2D eigenvalue weighted by Crippen LogP contribution is -2.62. The summed E-state index contributed by atoms with van der Waals surface area (Å²) in [6, 6.07) is 0. The highest BCUT2D eigenvalue weighted by atomic mass is 32.3. The van der Waals surface area contributed by atoms with Crippen molar-refractivity contribution in [1.82, 2.24) is 0 Å². The molecule has 2 aliphatic rings. The number of hydrogen-bond acceptors (Lipinski definition) is 11. The van der Waals surface area contributed by atoms with Gasteiger partial charge in [0.15, 0.2) is 12.6 Å². The van der Waals surface area contributed by atoms with E-state index in [1.807, 2.05) is 0 Å². The third kappa shape index (κ3) is 4.84. The molecule has 2 saturated heterocycles. The Kier molecular flexibility index (Phi) is 6.72. The van der Waals surface area contributed by atoms with E-state index in [1.54, 1.807) is 0 Å². The quantitative estimate of drug-likeness (QED) is 0.296. The standard InChI is InChI=1S/C12H22O12S/c1-4-9(10(24-25(17,18)19)8(15)11(16)22-4)23-12-7(14)6(13)5(20-2)3-21-12/h4-16H,3H2,1-2H3,(H,17,18,19). The largest absolute Gasteiger partial charge is 0.397 e. The SMILES string of the molecule is COC1COC(OC2C(C)OC(O)C(O)C2OS(=O)(=O)O)C(O)C1O. The highest BCUT2D eigenvalue weighted by Gasteiger charge is 2.50. The van der Waals surface area contributed by atoms with E-state index in [4.69, 9.17) is 23.5 Å². The van der Waals surface area contributed by atoms with Crippen LogP contribution in [0.1, 0.15) is 6.92 Å². The second-order valence-electron chi connectivity index (χ2n) is 5.77. The summed E-state index contributed by atoms with van der Waals surface area (Å²) in [5.41, 5.74) is 0. The minimum atomic E-state index is -4.99. The zero-order valence-electron chi connectivity index (χ0n) is 13.4. The molecule has 0 saturated carbocycles. The van der Waals surface area contributed by atoms with Crippen molar-refractivity contribution in [1.29, 1.82) is 0 Å². The van der Waals surface area contributed by atoms with Crippen molar-refractivity contribution >= 4 is 10.4 Å². The number of ether oxygens (including phenoxy) is 4. The van der Waals surface area contributed by atoms with Crippen LogP contribution in [0.3, 0.4) is 0 Å². The van der Waals surface area contributed by atoms with Gasteiger partial charge in [0.05, 0.1) is 12.7 Å². The first-order chi connectivity index (χ1) is 11.5. The molecule has 2 aliphatic heterocycles. The van der Waals surface area contributed by atoms with Crippen molar-refractivity contribution in [2.45, 2.75) is 62.2 Å². The van der Waals surface area contributed by atoms with E-state index in [1.165, 1.54) is 14.0 Å². The molecule has 9 atom stereocenters. The molecular weight excluding hydrogens is 368 g/mol. The van der Waals surface area contributed by atoms with Crippen LogP contribution >= 0.6 is 0 Å². The predicted octanol–water partition coefficient (Wildman–Crippen LogP) is -3.25. The summed E-state index contributed by atoms with van der Waals surface area (Å²) in [7, 11) is -3.68. The van der Waals surface area contributed by atoms with Crippen LogP contribution in [-0.4, -0.2) is 102 Å². The summed E-state index contributed by atoms with van der Waals surface area (Å²) in [5.74, 6) is 0. The average Bonchev–Trinajstić information content (AvgIpc) is 2.51. The van der Waals surface area contributed by atoms with Crippen molar-refractivity contribution in [3.05, 3.63) is 0 Å². The Morgan fingerprint density at radius 1 is 1.04 bits per heavy atom. The first-order valence-electron chi connectivity index (χ1n) is 7.38. The zero-order valence-corrected chi connectivity index (χ0v) is 14.2. The minimum Gasteiger partial charge on any atom is -0.387 e. The highest BCUT2D eigenvalue weighted by Crippen LogP contribution is 2.29. The van der Waals surface area contributed by atoms with E-state index in [0.29, 0.717) is 0 Å². The van der Waals surface area contributed by atoms with Crippen LogP contribution in [-0.2, 0) is 33.5 Å². The number of rotatable bonds is 5. The van der Waals surface area contributed by atoms with Gasteiger partial charge in [0, 0.05) is 7.11 Å². The molecule has 12 nitrogen and oxygen atoms in total. The molecule has 0 spiro atoms. The van der Waals surface area contributed by atoms with E-state index < -0.39 is 65.7 Å². The number of aliphatic hydroxyl groups is 4. The third-order valence-electron chi connectivity index (χ3n) is 4.03. The van der Waals surface area contributed by atoms with E-state index in [-0.39, 0.29) is 6.61 Å². The Morgan fingerprint density at radius 3 is 2.24 bits per heavy atom. The molecule has 0 aromatic rings. The summed E-state index contributed by atoms with van der Waals surface area (Å²) in [5, 5.41) is 39.4. The molecular formula is C12H22O12S. The molecule has 0 radical (unpaired) electrons. The Balaban J connectivity index is 2.16. The molecule has 25 heavy (non-hydrogen) atoms. The van der Waals surface area contributed by atoms with Crippen LogP contribution in [0.25, 0.3) is 0 Å². The summed E-state index contributed by atoms with van der Waals surface area (Å²) in [4.78, 5) is 0. The fourth-order valence-corrected chi connectivity index (χ4v) is 3.20. The molecule has 5 N–H and O–H groups in total. The van der Waals surface area contributed by atoms with Crippen LogP contribution in [0.4, 0.5) is 0 Å². The number of methoxy groups -OCH3 is 1. The fourth-order valence-electron chi connectivity index (χ4n) is 2.69. The molecule has 2 rings (SSSR count). The van der Waals surface area contributed by atoms with Gasteiger partial charge in [-0.05, 0) is 6.92 Å². The maximum atomic E-state index is 11.0. The monoisotopic (exact) mass is 390 g/mol. The number of hydrogen-bond donors (Lipinski definition) is 5. The van der Waals surface area contributed by atoms with Crippen molar-refractivity contribution < 1.29 is 56.5 Å². The van der Waals surface area contributed by atoms with Crippen LogP contribution < -0.4 is 0 Å². The van der Waals surface area contributed by atoms with Gasteiger partial charge in [0.25, 0.3) is 0 Å². The first kappa shape index (κ1) is 20.9. The second-order valence-corrected chi connectivity index (χ2v) is 6.82. The first-order valence-corrected chi connectivity index (χ1v) is 8.75. The van der Waals surface area contributed by atoms with Crippen LogP contribution in [0.2, 0.25) is 0 Å². The average molecular weight is 390 g/mol. The molecule has 0 bridgehead atoms. The lowest BCUT2D eigenvalue weighted by Gasteiger charge is -2.44. The molecule has 2 heterocycles. The Morgan fingerprint density at radius 2 is 1.68 bits per heavy atom. The fraction of sp³-hybridized carbons (Fsp3) is 1.00. The normalized spacial score (nSPS) is 46.1. The van der Waals surface area contributed by atoms with E-state index >= 15 is 0 Å². The highest BCUT2D eigenvalue weighted by molar-refractivity contribution is 7.80. The van der Waals surface area contributed by atoms with Gasteiger partial charge in [-0.1, -0.05) is 0 Å². The van der Waals surface area contributed by atoms with Crippen molar-refractivity contribution in [3.8, 4) is 0 Å². The van der Waals surface area contributed by atoms with Gasteiger partial charge in [0.1, 0.15) is 36.6 Å². The molecule has 0 aromatic heterocycles. The molecule has 9 unspecified atom stereocenters. The summed E-state index contributed by atoms with van der Waals surface area (Å²) in [6.07, 6.45) is -12.9. The van der Waals surface area contributed by atoms with Gasteiger partial charge >= 0.3 is 10.4 Å². The molecule has 0 aliphatic carbocycles. The van der Waals surface area contributed by atoms with Crippen LogP contribution in [0.15, 0.2) is 0 Å². The molecule has 148 valence electrons. The topological polar surface area (TPSA) is 181 Å². The minimum absolute atomic E-state index is 0.129. The predicted molar refractivity (Wildman–Crippen MR) is 76.4 cm³/mol. The molecule has 13 heteroatoms. The molecule has 2 fully saturated rings. The van der Waals surface area contributed by atoms with Gasteiger partial charge < -0.3 is 39.4 Å². The summed E-state index contributed by atoms with van der Waals surface area (Å²) in [6.45, 7) is 1.25. The zero-order chi connectivity index (χ0) is 18.9. The number of aliphatic hydroxyl groups excluding tert-OH is 4. The maximum Gasteiger partial charge on any atom is 0.397 e. The third-order valence-corrected chi connectivity index (χ3v) is 4.50. The van der Waals surface area contributed by atoms with Crippen molar-refractivity contribution in [3.63, 3.8) is 0 Å². The van der Waals surface area contributed by atoms with Crippen molar-refractivity contribution in [2.24, 2.45) is 0 Å².